The molecule has 2 aromatic carbocycles. The molecule has 0 saturated heterocycles. The summed E-state index contributed by atoms with van der Waals surface area (Å²) in [4.78, 5) is 29.0. The number of nitrogens with zero attached hydrogens (tertiary/aromatic N) is 4. The van der Waals surface area contributed by atoms with Gasteiger partial charge in [0.05, 0.1) is 12.6 Å². The Bertz CT molecular complexity index is 1600. The highest BCUT2D eigenvalue weighted by molar-refractivity contribution is 5.93. The molecule has 0 aliphatic heterocycles. The molecule has 0 unspecified atom stereocenters. The number of halogens is 1. The minimum Gasteiger partial charge on any atom is -0.497 e. The number of hydrogen-bond donors (Lipinski definition) is 1. The SMILES string of the molecule is COc1cccc(-c2nc3nccc(-c4ccc(CCC(=O)c5noc(C(C)(C)C)n5)c(F)c4)c3[nH]2)c1. The van der Waals surface area contributed by atoms with E-state index < -0.39 is 5.82 Å². The maximum absolute atomic E-state index is 15.1. The first-order valence-corrected chi connectivity index (χ1v) is 11.9. The van der Waals surface area contributed by atoms with Crippen LogP contribution in [0.5, 0.6) is 5.75 Å². The van der Waals surface area contributed by atoms with Crippen molar-refractivity contribution < 1.29 is 18.4 Å². The second-order valence-corrected chi connectivity index (χ2v) is 9.78. The molecule has 9 heteroatoms. The molecule has 5 aromatic rings. The van der Waals surface area contributed by atoms with E-state index in [9.17, 15) is 4.79 Å². The molecule has 0 bridgehead atoms. The topological polar surface area (TPSA) is 107 Å². The normalized spacial score (nSPS) is 11.7. The fourth-order valence-electron chi connectivity index (χ4n) is 3.98. The van der Waals surface area contributed by atoms with Crippen LogP contribution in [0.25, 0.3) is 33.7 Å². The van der Waals surface area contributed by atoms with Crippen molar-refractivity contribution in [3.8, 4) is 28.3 Å². The van der Waals surface area contributed by atoms with Crippen LogP contribution in [-0.4, -0.2) is 38.0 Å². The smallest absolute Gasteiger partial charge is 0.238 e. The van der Waals surface area contributed by atoms with Gasteiger partial charge in [-0.2, -0.15) is 4.98 Å². The van der Waals surface area contributed by atoms with Gasteiger partial charge in [0.15, 0.2) is 5.65 Å². The Balaban J connectivity index is 1.37. The van der Waals surface area contributed by atoms with Crippen molar-refractivity contribution in [1.29, 1.82) is 0 Å². The maximum atomic E-state index is 15.1. The number of fused-ring (bicyclic) bond motifs is 1. The Labute approximate surface area is 212 Å². The zero-order valence-electron chi connectivity index (χ0n) is 21.0. The van der Waals surface area contributed by atoms with Gasteiger partial charge in [-0.3, -0.25) is 4.79 Å². The molecule has 188 valence electrons. The molecule has 1 N–H and O–H groups in total. The lowest BCUT2D eigenvalue weighted by atomic mass is 9.97. The molecule has 0 fully saturated rings. The minimum atomic E-state index is -0.397. The van der Waals surface area contributed by atoms with Crippen LogP contribution in [0.2, 0.25) is 0 Å². The molecular weight excluding hydrogens is 473 g/mol. The molecule has 3 heterocycles. The third-order valence-electron chi connectivity index (χ3n) is 6.04. The summed E-state index contributed by atoms with van der Waals surface area (Å²) in [6.45, 7) is 5.77. The molecule has 8 nitrogen and oxygen atoms in total. The largest absolute Gasteiger partial charge is 0.497 e. The number of aromatic nitrogens is 5. The fraction of sp³-hybridized carbons (Fsp3) is 0.250. The monoisotopic (exact) mass is 499 g/mol. The van der Waals surface area contributed by atoms with Gasteiger partial charge in [0.1, 0.15) is 17.4 Å². The summed E-state index contributed by atoms with van der Waals surface area (Å²) < 4.78 is 25.6. The summed E-state index contributed by atoms with van der Waals surface area (Å²) in [5.41, 5.74) is 3.61. The highest BCUT2D eigenvalue weighted by atomic mass is 19.1. The summed E-state index contributed by atoms with van der Waals surface area (Å²) in [5, 5.41) is 3.78. The number of carbonyl (C=O) groups is 1. The van der Waals surface area contributed by atoms with Crippen molar-refractivity contribution >= 4 is 16.9 Å². The zero-order chi connectivity index (χ0) is 26.2. The van der Waals surface area contributed by atoms with Crippen LogP contribution in [0.15, 0.2) is 59.3 Å². The van der Waals surface area contributed by atoms with Crippen molar-refractivity contribution in [3.05, 3.63) is 77.8 Å². The molecule has 0 amide bonds. The number of aromatic amines is 1. The van der Waals surface area contributed by atoms with Crippen molar-refractivity contribution in [2.45, 2.75) is 39.0 Å². The van der Waals surface area contributed by atoms with Crippen molar-refractivity contribution in [1.82, 2.24) is 25.1 Å². The number of imidazole rings is 1. The highest BCUT2D eigenvalue weighted by Crippen LogP contribution is 2.31. The van der Waals surface area contributed by atoms with Gasteiger partial charge in [-0.05, 0) is 41.8 Å². The van der Waals surface area contributed by atoms with E-state index in [-0.39, 0.29) is 29.9 Å². The van der Waals surface area contributed by atoms with E-state index in [1.165, 1.54) is 6.07 Å². The lowest BCUT2D eigenvalue weighted by Crippen LogP contribution is -2.12. The Morgan fingerprint density at radius 3 is 2.65 bits per heavy atom. The number of carbonyl (C=O) groups excluding carboxylic acids is 1. The van der Waals surface area contributed by atoms with E-state index in [0.717, 1.165) is 16.9 Å². The summed E-state index contributed by atoms with van der Waals surface area (Å²) in [6, 6.07) is 14.4. The second-order valence-electron chi connectivity index (χ2n) is 9.78. The van der Waals surface area contributed by atoms with Crippen molar-refractivity contribution in [3.63, 3.8) is 0 Å². The third kappa shape index (κ3) is 4.97. The molecule has 0 aliphatic rings. The summed E-state index contributed by atoms with van der Waals surface area (Å²) in [6.07, 6.45) is 1.94. The van der Waals surface area contributed by atoms with Crippen molar-refractivity contribution in [2.75, 3.05) is 7.11 Å². The van der Waals surface area contributed by atoms with Gasteiger partial charge in [-0.25, -0.2) is 14.4 Å². The van der Waals surface area contributed by atoms with Crippen LogP contribution in [0.4, 0.5) is 4.39 Å². The number of ketones is 1. The molecule has 0 saturated carbocycles. The van der Waals surface area contributed by atoms with Gasteiger partial charge in [0, 0.05) is 29.2 Å². The number of hydrogen-bond acceptors (Lipinski definition) is 7. The van der Waals surface area contributed by atoms with Crippen LogP contribution < -0.4 is 4.74 Å². The van der Waals surface area contributed by atoms with Gasteiger partial charge in [0.25, 0.3) is 0 Å². The first-order valence-electron chi connectivity index (χ1n) is 11.9. The minimum absolute atomic E-state index is 0.0206. The second kappa shape index (κ2) is 9.57. The molecule has 5 rings (SSSR count). The number of Topliss-reactive ketones (excluding diaryl/α,β-unsaturated/α-hetero) is 1. The Morgan fingerprint density at radius 2 is 1.92 bits per heavy atom. The van der Waals surface area contributed by atoms with Crippen LogP contribution in [-0.2, 0) is 11.8 Å². The van der Waals surface area contributed by atoms with E-state index in [0.29, 0.717) is 34.0 Å². The number of pyridine rings is 1. The average Bonchev–Trinajstić information content (AvgIpc) is 3.56. The van der Waals surface area contributed by atoms with E-state index in [1.807, 2.05) is 57.2 Å². The number of methoxy groups -OCH3 is 1. The predicted octanol–water partition coefficient (Wildman–Crippen LogP) is 5.94. The van der Waals surface area contributed by atoms with Crippen molar-refractivity contribution in [2.24, 2.45) is 0 Å². The zero-order valence-corrected chi connectivity index (χ0v) is 21.0. The standard InChI is InChI=1S/C28H26FN5O3/c1-28(2,3)27-33-25(34-37-27)22(35)11-10-16-8-9-17(15-21(16)29)20-12-13-30-26-23(20)31-24(32-26)18-6-5-7-19(14-18)36-4/h5-9,12-15H,10-11H2,1-4H3,(H,30,31,32). The van der Waals surface area contributed by atoms with Gasteiger partial charge in [-0.15, -0.1) is 0 Å². The number of H-pyrrole nitrogens is 1. The number of benzene rings is 2. The lowest BCUT2D eigenvalue weighted by molar-refractivity contribution is 0.0969. The number of aryl methyl sites for hydroxylation is 1. The number of rotatable bonds is 7. The Hall–Kier alpha value is -4.40. The highest BCUT2D eigenvalue weighted by Gasteiger charge is 2.24. The van der Waals surface area contributed by atoms with Crippen LogP contribution in [0, 0.1) is 5.82 Å². The van der Waals surface area contributed by atoms with E-state index >= 15 is 4.39 Å². The number of ether oxygens (including phenoxy) is 1. The maximum Gasteiger partial charge on any atom is 0.238 e. The number of nitrogens with one attached hydrogen (secondary N) is 1. The van der Waals surface area contributed by atoms with Crippen LogP contribution >= 0.6 is 0 Å². The van der Waals surface area contributed by atoms with Crippen LogP contribution in [0.3, 0.4) is 0 Å². The molecular formula is C28H26FN5O3. The van der Waals surface area contributed by atoms with Crippen LogP contribution in [0.1, 0.15) is 49.3 Å². The quantitative estimate of drug-likeness (QED) is 0.276. The van der Waals surface area contributed by atoms with Gasteiger partial charge >= 0.3 is 0 Å². The molecule has 0 radical (unpaired) electrons. The van der Waals surface area contributed by atoms with E-state index in [1.54, 1.807) is 19.4 Å². The van der Waals surface area contributed by atoms with Gasteiger partial charge in [0.2, 0.25) is 17.5 Å². The molecule has 37 heavy (non-hydrogen) atoms. The predicted molar refractivity (Wildman–Crippen MR) is 137 cm³/mol. The molecule has 0 spiro atoms. The summed E-state index contributed by atoms with van der Waals surface area (Å²) in [7, 11) is 1.61. The fourth-order valence-corrected chi connectivity index (χ4v) is 3.98. The molecule has 0 aliphatic carbocycles. The summed E-state index contributed by atoms with van der Waals surface area (Å²) >= 11 is 0. The first kappa shape index (κ1) is 24.3. The lowest BCUT2D eigenvalue weighted by Gasteiger charge is -2.10. The van der Waals surface area contributed by atoms with E-state index in [2.05, 4.69) is 25.1 Å². The third-order valence-corrected chi connectivity index (χ3v) is 6.04. The molecule has 3 aromatic heterocycles. The summed E-state index contributed by atoms with van der Waals surface area (Å²) in [5.74, 6) is 1.08. The Kier molecular flexibility index (Phi) is 6.29. The molecule has 0 atom stereocenters. The first-order chi connectivity index (χ1) is 17.7. The Morgan fingerprint density at radius 1 is 1.08 bits per heavy atom. The van der Waals surface area contributed by atoms with Gasteiger partial charge < -0.3 is 14.2 Å². The van der Waals surface area contributed by atoms with E-state index in [4.69, 9.17) is 9.26 Å². The average molecular weight is 500 g/mol. The van der Waals surface area contributed by atoms with Gasteiger partial charge in [-0.1, -0.05) is 50.2 Å².